The Morgan fingerprint density at radius 2 is 1.27 bits per heavy atom. The summed E-state index contributed by atoms with van der Waals surface area (Å²) in [4.78, 5) is 35.9. The Bertz CT molecular complexity index is 887. The quantitative estimate of drug-likeness (QED) is 0.0257. The standard InChI is InChI=1S/C37H73N2O8P/c1-5-6-7-8-9-10-11-12-13-16-19-22-25-28-35(40)34(33-47-48(44,45)46-32-31-39(2,3)4)38-36(41)29-26-23-20-17-14-15-18-21-24-27-30-37(42)43/h25,28,34-35,40H,5-24,26-27,29-33H2,1-4H3,(H2-,38,41,42,43,44,45)/b28-25+/i40T. The van der Waals surface area contributed by atoms with Crippen molar-refractivity contribution in [3.63, 3.8) is 0 Å². The van der Waals surface area contributed by atoms with Crippen molar-refractivity contribution in [2.75, 3.05) is 40.9 Å². The first-order chi connectivity index (χ1) is 23.4. The van der Waals surface area contributed by atoms with Gasteiger partial charge in [0.2, 0.25) is 7.34 Å². The first kappa shape index (κ1) is 44.7. The van der Waals surface area contributed by atoms with Crippen LogP contribution in [0.2, 0.25) is 0 Å². The van der Waals surface area contributed by atoms with Crippen molar-refractivity contribution in [2.24, 2.45) is 0 Å². The van der Waals surface area contributed by atoms with Crippen LogP contribution in [0.15, 0.2) is 12.2 Å². The van der Waals surface area contributed by atoms with Gasteiger partial charge in [0.1, 0.15) is 13.2 Å². The lowest BCUT2D eigenvalue weighted by molar-refractivity contribution is -0.870. The van der Waals surface area contributed by atoms with Gasteiger partial charge in [0.25, 0.3) is 7.82 Å². The minimum absolute atomic E-state index is 0.0225. The summed E-state index contributed by atoms with van der Waals surface area (Å²) >= 11 is 0. The van der Waals surface area contributed by atoms with Gasteiger partial charge in [-0.1, -0.05) is 135 Å². The number of aliphatic carboxylic acids is 1. The fraction of sp³-hybridized carbons (Fsp3) is 0.892. The Labute approximate surface area is 295 Å². The number of unbranched alkanes of at least 4 members (excludes halogenated alkanes) is 20. The molecule has 0 fully saturated rings. The van der Waals surface area contributed by atoms with Gasteiger partial charge in [0.05, 0.1) is 39.9 Å². The second-order valence-electron chi connectivity index (χ2n) is 14.4. The van der Waals surface area contributed by atoms with E-state index in [1.807, 2.05) is 27.2 Å². The van der Waals surface area contributed by atoms with Gasteiger partial charge in [-0.15, -0.1) is 0 Å². The first-order valence-electron chi connectivity index (χ1n) is 19.5. The zero-order valence-corrected chi connectivity index (χ0v) is 32.0. The molecule has 0 aliphatic rings. The summed E-state index contributed by atoms with van der Waals surface area (Å²) in [5.74, 6) is -0.962. The number of aliphatic hydroxyl groups is 1. The van der Waals surface area contributed by atoms with E-state index in [0.29, 0.717) is 23.9 Å². The van der Waals surface area contributed by atoms with Crippen molar-refractivity contribution in [3.05, 3.63) is 12.2 Å². The number of aliphatic hydroxyl groups excluding tert-OH is 1. The normalized spacial score (nSPS) is 14.9. The molecule has 0 aliphatic carbocycles. The maximum Gasteiger partial charge on any atom is 0.303 e. The highest BCUT2D eigenvalue weighted by Gasteiger charge is 2.23. The van der Waals surface area contributed by atoms with Gasteiger partial charge in [0, 0.05) is 12.8 Å². The van der Waals surface area contributed by atoms with Crippen molar-refractivity contribution in [2.45, 2.75) is 173 Å². The van der Waals surface area contributed by atoms with E-state index in [1.165, 1.54) is 57.8 Å². The number of nitrogens with zero attached hydrogens (tertiary/aromatic N) is 1. The Hall–Kier alpha value is -1.29. The summed E-state index contributed by atoms with van der Waals surface area (Å²) in [7, 11) is 1.18. The molecule has 3 atom stereocenters. The number of phosphoric acid groups is 1. The van der Waals surface area contributed by atoms with Crippen LogP contribution in [-0.4, -0.2) is 81.1 Å². The SMILES string of the molecule is [3H]OC(/C=C/CCCCCCCCCCCCC)C(COP(=O)([O-])OCC[N+](C)(C)C)NC(=O)CCCCCCCCCCCCC(=O)O. The van der Waals surface area contributed by atoms with Crippen molar-refractivity contribution < 1.29 is 42.8 Å². The molecule has 3 N–H and O–H groups in total. The molecule has 0 bridgehead atoms. The van der Waals surface area contributed by atoms with Crippen LogP contribution >= 0.6 is 7.82 Å². The number of carbonyl (C=O) groups excluding carboxylic acids is 1. The third kappa shape index (κ3) is 33.2. The fourth-order valence-corrected chi connectivity index (χ4v) is 6.12. The molecule has 1 amide bonds. The topological polar surface area (TPSA) is 145 Å². The third-order valence-corrected chi connectivity index (χ3v) is 9.48. The molecule has 0 aromatic heterocycles. The molecule has 284 valence electrons. The predicted molar refractivity (Wildman–Crippen MR) is 194 cm³/mol. The molecular formula is C37H73N2O8P. The summed E-state index contributed by atoms with van der Waals surface area (Å²) in [6.07, 6.45) is 28.0. The van der Waals surface area contributed by atoms with E-state index in [-0.39, 0.29) is 25.5 Å². The number of carboxylic acid groups (broad SMARTS) is 1. The van der Waals surface area contributed by atoms with E-state index >= 15 is 0 Å². The second-order valence-corrected chi connectivity index (χ2v) is 15.8. The molecular weight excluding hydrogens is 631 g/mol. The zero-order valence-electron chi connectivity index (χ0n) is 32.1. The van der Waals surface area contributed by atoms with Crippen molar-refractivity contribution in [1.29, 1.82) is 1.43 Å². The summed E-state index contributed by atoms with van der Waals surface area (Å²) in [5.41, 5.74) is 0. The molecule has 11 heteroatoms. The number of carboxylic acids is 1. The highest BCUT2D eigenvalue weighted by atomic mass is 31.2. The lowest BCUT2D eigenvalue weighted by Crippen LogP contribution is -2.45. The fourth-order valence-electron chi connectivity index (χ4n) is 5.40. The number of phosphoric ester groups is 1. The summed E-state index contributed by atoms with van der Waals surface area (Å²) in [6, 6.07) is -0.863. The smallest absolute Gasteiger partial charge is 0.303 e. The molecule has 0 rings (SSSR count). The molecule has 0 aromatic carbocycles. The van der Waals surface area contributed by atoms with Crippen molar-refractivity contribution >= 4 is 19.7 Å². The van der Waals surface area contributed by atoms with E-state index in [9.17, 15) is 19.0 Å². The van der Waals surface area contributed by atoms with Gasteiger partial charge in [-0.25, -0.2) is 0 Å². The van der Waals surface area contributed by atoms with Gasteiger partial charge < -0.3 is 34.0 Å². The summed E-state index contributed by atoms with van der Waals surface area (Å²) in [6.45, 7) is 2.31. The van der Waals surface area contributed by atoms with Crippen LogP contribution in [0.3, 0.4) is 0 Å². The Morgan fingerprint density at radius 1 is 0.792 bits per heavy atom. The van der Waals surface area contributed by atoms with Gasteiger partial charge in [-0.2, -0.15) is 0 Å². The predicted octanol–water partition coefficient (Wildman–Crippen LogP) is 8.06. The maximum atomic E-state index is 12.8. The lowest BCUT2D eigenvalue weighted by atomic mass is 10.0. The van der Waals surface area contributed by atoms with Crippen LogP contribution < -0.4 is 10.2 Å². The van der Waals surface area contributed by atoms with Crippen LogP contribution in [0.1, 0.15) is 161 Å². The number of quaternary nitrogens is 1. The molecule has 3 unspecified atom stereocenters. The lowest BCUT2D eigenvalue weighted by Gasteiger charge is -2.29. The molecule has 10 nitrogen and oxygen atoms in total. The maximum absolute atomic E-state index is 12.8. The second kappa shape index (κ2) is 30.5. The first-order valence-corrected chi connectivity index (χ1v) is 20.6. The molecule has 0 spiro atoms. The van der Waals surface area contributed by atoms with Crippen LogP contribution in [0.4, 0.5) is 0 Å². The monoisotopic (exact) mass is 707 g/mol. The van der Waals surface area contributed by atoms with Crippen molar-refractivity contribution in [3.8, 4) is 0 Å². The van der Waals surface area contributed by atoms with Crippen LogP contribution in [0.5, 0.6) is 0 Å². The molecule has 48 heavy (non-hydrogen) atoms. The van der Waals surface area contributed by atoms with Gasteiger partial charge in [0.15, 0.2) is 0 Å². The molecule has 0 heterocycles. The number of allylic oxidation sites excluding steroid dienone is 1. The third-order valence-electron chi connectivity index (χ3n) is 8.51. The average Bonchev–Trinajstić information content (AvgIpc) is 3.03. The molecule has 0 saturated heterocycles. The van der Waals surface area contributed by atoms with E-state index < -0.39 is 25.9 Å². The van der Waals surface area contributed by atoms with E-state index in [4.69, 9.17) is 20.7 Å². The Balaban J connectivity index is 4.65. The van der Waals surface area contributed by atoms with E-state index in [2.05, 4.69) is 12.2 Å². The molecule has 0 saturated carbocycles. The molecule has 0 aromatic rings. The highest BCUT2D eigenvalue weighted by molar-refractivity contribution is 7.45. The Morgan fingerprint density at radius 3 is 1.75 bits per heavy atom. The number of nitrogens with one attached hydrogen (secondary N) is 1. The average molecular weight is 707 g/mol. The number of amides is 1. The van der Waals surface area contributed by atoms with Crippen LogP contribution in [0, 0.1) is 0 Å². The summed E-state index contributed by atoms with van der Waals surface area (Å²) in [5, 5.41) is 16.5. The largest absolute Gasteiger partial charge is 0.756 e. The van der Waals surface area contributed by atoms with Gasteiger partial charge in [-0.3, -0.25) is 14.2 Å². The van der Waals surface area contributed by atoms with Crippen LogP contribution in [-0.2, 0) is 23.2 Å². The minimum atomic E-state index is -4.61. The number of hydrogen-bond donors (Lipinski definition) is 3. The Kier molecular flexibility index (Phi) is 28.4. The van der Waals surface area contributed by atoms with Gasteiger partial charge in [-0.05, 0) is 25.7 Å². The number of hydrogen-bond acceptors (Lipinski definition) is 7. The van der Waals surface area contributed by atoms with Gasteiger partial charge >= 0.3 is 5.97 Å². The van der Waals surface area contributed by atoms with Crippen LogP contribution in [0.25, 0.3) is 0 Å². The summed E-state index contributed by atoms with van der Waals surface area (Å²) < 4.78 is 30.8. The number of carbonyl (C=O) groups is 2. The number of rotatable bonds is 36. The molecule has 0 radical (unpaired) electrons. The van der Waals surface area contributed by atoms with Crippen molar-refractivity contribution in [1.82, 2.24) is 5.32 Å². The zero-order chi connectivity index (χ0) is 36.6. The minimum Gasteiger partial charge on any atom is -0.756 e. The van der Waals surface area contributed by atoms with E-state index in [1.54, 1.807) is 6.08 Å². The highest BCUT2D eigenvalue weighted by Crippen LogP contribution is 2.38. The van der Waals surface area contributed by atoms with E-state index in [0.717, 1.165) is 77.0 Å². The molecule has 0 aliphatic heterocycles. The number of likely N-dealkylation sites (N-methyl/N-ethyl adjacent to an activating group) is 1.